The van der Waals surface area contributed by atoms with Gasteiger partial charge < -0.3 is 20.1 Å². The molecule has 0 heterocycles. The second-order valence-corrected chi connectivity index (χ2v) is 6.65. The first kappa shape index (κ1) is 22.3. The number of nitro groups is 1. The van der Waals surface area contributed by atoms with E-state index in [4.69, 9.17) is 9.47 Å². The lowest BCUT2D eigenvalue weighted by Crippen LogP contribution is -2.26. The molecule has 1 atom stereocenters. The summed E-state index contributed by atoms with van der Waals surface area (Å²) >= 11 is 0. The summed E-state index contributed by atoms with van der Waals surface area (Å²) in [5, 5.41) is 16.7. The number of nitrogens with zero attached hydrogens (tertiary/aromatic N) is 1. The van der Waals surface area contributed by atoms with Gasteiger partial charge in [-0.25, -0.2) is 4.79 Å². The van der Waals surface area contributed by atoms with Crippen LogP contribution in [0.25, 0.3) is 0 Å². The molecule has 2 N–H and O–H groups in total. The molecular weight excluding hydrogens is 414 g/mol. The second-order valence-electron chi connectivity index (χ2n) is 6.65. The SMILES string of the molecule is CNc1ccc(C(=O)OC(C(=O)Nc2ccc(OC)cc2)c2ccccc2)cc1[N+](=O)[O-]. The molecule has 0 radical (unpaired) electrons. The second kappa shape index (κ2) is 10.1. The van der Waals surface area contributed by atoms with Crippen molar-refractivity contribution < 1.29 is 24.0 Å². The maximum Gasteiger partial charge on any atom is 0.339 e. The zero-order chi connectivity index (χ0) is 23.1. The quantitative estimate of drug-likeness (QED) is 0.309. The number of nitrogens with one attached hydrogen (secondary N) is 2. The van der Waals surface area contributed by atoms with Crippen LogP contribution in [0.15, 0.2) is 72.8 Å². The monoisotopic (exact) mass is 435 g/mol. The van der Waals surface area contributed by atoms with Crippen molar-refractivity contribution in [2.45, 2.75) is 6.10 Å². The molecule has 0 saturated heterocycles. The average molecular weight is 435 g/mol. The molecule has 0 bridgehead atoms. The molecule has 0 aliphatic carbocycles. The number of ether oxygens (including phenoxy) is 2. The molecule has 0 spiro atoms. The highest BCUT2D eigenvalue weighted by Gasteiger charge is 2.27. The summed E-state index contributed by atoms with van der Waals surface area (Å²) in [7, 11) is 3.07. The number of carbonyl (C=O) groups is 2. The zero-order valence-corrected chi connectivity index (χ0v) is 17.4. The van der Waals surface area contributed by atoms with E-state index in [1.165, 1.54) is 26.3 Å². The summed E-state index contributed by atoms with van der Waals surface area (Å²) in [6.45, 7) is 0. The van der Waals surface area contributed by atoms with Crippen molar-refractivity contribution in [3.8, 4) is 5.75 Å². The zero-order valence-electron chi connectivity index (χ0n) is 17.4. The number of carbonyl (C=O) groups excluding carboxylic acids is 2. The van der Waals surface area contributed by atoms with Gasteiger partial charge in [-0.05, 0) is 36.4 Å². The predicted molar refractivity (Wildman–Crippen MR) is 119 cm³/mol. The largest absolute Gasteiger partial charge is 0.497 e. The van der Waals surface area contributed by atoms with Gasteiger partial charge in [0.2, 0.25) is 6.10 Å². The van der Waals surface area contributed by atoms with Crippen molar-refractivity contribution in [3.63, 3.8) is 0 Å². The molecule has 1 amide bonds. The van der Waals surface area contributed by atoms with Crippen LogP contribution in [0.5, 0.6) is 5.75 Å². The van der Waals surface area contributed by atoms with Crippen molar-refractivity contribution >= 4 is 28.9 Å². The number of methoxy groups -OCH3 is 1. The van der Waals surface area contributed by atoms with Gasteiger partial charge in [0, 0.05) is 24.4 Å². The standard InChI is InChI=1S/C23H21N3O6/c1-24-19-13-8-16(14-20(19)26(29)30)23(28)32-21(15-6-4-3-5-7-15)22(27)25-17-9-11-18(31-2)12-10-17/h3-14,21,24H,1-2H3,(H,25,27). The van der Waals surface area contributed by atoms with Crippen molar-refractivity contribution in [1.29, 1.82) is 0 Å². The Balaban J connectivity index is 1.86. The third kappa shape index (κ3) is 5.20. The van der Waals surface area contributed by atoms with Gasteiger partial charge in [-0.1, -0.05) is 30.3 Å². The molecule has 3 aromatic carbocycles. The van der Waals surface area contributed by atoms with Crippen LogP contribution in [0, 0.1) is 10.1 Å². The molecule has 0 fully saturated rings. The number of anilines is 2. The van der Waals surface area contributed by atoms with Crippen LogP contribution in [-0.2, 0) is 9.53 Å². The summed E-state index contributed by atoms with van der Waals surface area (Å²) in [6, 6.07) is 19.1. The van der Waals surface area contributed by atoms with E-state index in [0.717, 1.165) is 6.07 Å². The summed E-state index contributed by atoms with van der Waals surface area (Å²) in [6.07, 6.45) is -1.27. The Hall–Kier alpha value is -4.40. The number of nitro benzene ring substituents is 1. The van der Waals surface area contributed by atoms with Crippen molar-refractivity contribution in [3.05, 3.63) is 94.0 Å². The number of esters is 1. The Morgan fingerprint density at radius 1 is 1.00 bits per heavy atom. The first-order valence-electron chi connectivity index (χ1n) is 9.60. The predicted octanol–water partition coefficient (Wildman–Crippen LogP) is 4.18. The first-order valence-corrected chi connectivity index (χ1v) is 9.60. The van der Waals surface area contributed by atoms with Crippen LogP contribution >= 0.6 is 0 Å². The molecule has 164 valence electrons. The number of hydrogen-bond donors (Lipinski definition) is 2. The van der Waals surface area contributed by atoms with Gasteiger partial charge in [0.1, 0.15) is 11.4 Å². The molecule has 3 aromatic rings. The third-order valence-electron chi connectivity index (χ3n) is 4.62. The first-order chi connectivity index (χ1) is 15.4. The number of benzene rings is 3. The van der Waals surface area contributed by atoms with Crippen LogP contribution in [-0.4, -0.2) is 31.0 Å². The third-order valence-corrected chi connectivity index (χ3v) is 4.62. The van der Waals surface area contributed by atoms with Crippen molar-refractivity contribution in [2.75, 3.05) is 24.8 Å². The minimum Gasteiger partial charge on any atom is -0.497 e. The van der Waals surface area contributed by atoms with E-state index in [0.29, 0.717) is 17.0 Å². The smallest absolute Gasteiger partial charge is 0.339 e. The molecule has 9 heteroatoms. The van der Waals surface area contributed by atoms with Gasteiger partial charge >= 0.3 is 5.97 Å². The number of hydrogen-bond acceptors (Lipinski definition) is 7. The van der Waals surface area contributed by atoms with Gasteiger partial charge in [0.05, 0.1) is 17.6 Å². The molecule has 0 aromatic heterocycles. The van der Waals surface area contributed by atoms with Crippen molar-refractivity contribution in [1.82, 2.24) is 0 Å². The molecule has 1 unspecified atom stereocenters. The number of amides is 1. The van der Waals surface area contributed by atoms with Crippen molar-refractivity contribution in [2.24, 2.45) is 0 Å². The molecule has 3 rings (SSSR count). The van der Waals surface area contributed by atoms with E-state index >= 15 is 0 Å². The molecule has 9 nitrogen and oxygen atoms in total. The Morgan fingerprint density at radius 3 is 2.28 bits per heavy atom. The van der Waals surface area contributed by atoms with Gasteiger partial charge in [0.15, 0.2) is 0 Å². The molecular formula is C23H21N3O6. The van der Waals surface area contributed by atoms with Gasteiger partial charge in [-0.2, -0.15) is 0 Å². The Bertz CT molecular complexity index is 1120. The fourth-order valence-corrected chi connectivity index (χ4v) is 2.98. The lowest BCUT2D eigenvalue weighted by Gasteiger charge is -2.18. The highest BCUT2D eigenvalue weighted by Crippen LogP contribution is 2.27. The fourth-order valence-electron chi connectivity index (χ4n) is 2.98. The summed E-state index contributed by atoms with van der Waals surface area (Å²) < 4.78 is 10.6. The highest BCUT2D eigenvalue weighted by atomic mass is 16.6. The summed E-state index contributed by atoms with van der Waals surface area (Å²) in [4.78, 5) is 36.4. The lowest BCUT2D eigenvalue weighted by molar-refractivity contribution is -0.384. The van der Waals surface area contributed by atoms with Crippen LogP contribution in [0.3, 0.4) is 0 Å². The van der Waals surface area contributed by atoms with E-state index in [9.17, 15) is 19.7 Å². The van der Waals surface area contributed by atoms with E-state index in [1.54, 1.807) is 54.6 Å². The normalized spacial score (nSPS) is 11.2. The number of rotatable bonds is 8. The molecule has 0 aliphatic rings. The van der Waals surface area contributed by atoms with Gasteiger partial charge in [0.25, 0.3) is 11.6 Å². The van der Waals surface area contributed by atoms with E-state index in [-0.39, 0.29) is 16.9 Å². The summed E-state index contributed by atoms with van der Waals surface area (Å²) in [5.74, 6) is -0.814. The van der Waals surface area contributed by atoms with E-state index < -0.39 is 22.9 Å². The Morgan fingerprint density at radius 2 is 1.69 bits per heavy atom. The van der Waals surface area contributed by atoms with Crippen LogP contribution in [0.1, 0.15) is 22.0 Å². The molecule has 0 saturated carbocycles. The Kier molecular flexibility index (Phi) is 7.02. The maximum atomic E-state index is 13.0. The lowest BCUT2D eigenvalue weighted by atomic mass is 10.1. The summed E-state index contributed by atoms with van der Waals surface area (Å²) in [5.41, 5.74) is 0.869. The fraction of sp³-hybridized carbons (Fsp3) is 0.130. The van der Waals surface area contributed by atoms with E-state index in [1.807, 2.05) is 0 Å². The maximum absolute atomic E-state index is 13.0. The minimum atomic E-state index is -1.27. The topological polar surface area (TPSA) is 120 Å². The molecule has 0 aliphatic heterocycles. The minimum absolute atomic E-state index is 0.0473. The van der Waals surface area contributed by atoms with Gasteiger partial charge in [-0.3, -0.25) is 14.9 Å². The highest BCUT2D eigenvalue weighted by molar-refractivity contribution is 5.98. The van der Waals surface area contributed by atoms with Crippen LogP contribution in [0.2, 0.25) is 0 Å². The Labute approximate surface area is 184 Å². The molecule has 32 heavy (non-hydrogen) atoms. The van der Waals surface area contributed by atoms with Gasteiger partial charge in [-0.15, -0.1) is 0 Å². The van der Waals surface area contributed by atoms with E-state index in [2.05, 4.69) is 10.6 Å². The van der Waals surface area contributed by atoms with Crippen LogP contribution < -0.4 is 15.4 Å². The average Bonchev–Trinajstić information content (AvgIpc) is 2.82. The van der Waals surface area contributed by atoms with Crippen LogP contribution in [0.4, 0.5) is 17.1 Å².